The molecule has 98 valence electrons. The van der Waals surface area contributed by atoms with Crippen LogP contribution in [0.1, 0.15) is 32.6 Å². The lowest BCUT2D eigenvalue weighted by atomic mass is 9.84. The summed E-state index contributed by atoms with van der Waals surface area (Å²) in [5, 5.41) is 14.6. The van der Waals surface area contributed by atoms with Crippen molar-refractivity contribution in [3.8, 4) is 0 Å². The highest BCUT2D eigenvalue weighted by molar-refractivity contribution is 6.07. The quantitative estimate of drug-likeness (QED) is 0.282. The highest BCUT2D eigenvalue weighted by Gasteiger charge is 2.45. The summed E-state index contributed by atoms with van der Waals surface area (Å²) >= 11 is 0. The Morgan fingerprint density at radius 2 is 2.18 bits per heavy atom. The molecule has 1 saturated carbocycles. The van der Waals surface area contributed by atoms with Crippen LogP contribution in [0.15, 0.2) is 5.16 Å². The number of nitrogens with two attached hydrogens (primary N) is 1. The first-order valence-corrected chi connectivity index (χ1v) is 5.86. The molecular weight excluding hydrogens is 222 g/mol. The second-order valence-corrected chi connectivity index (χ2v) is 4.53. The number of amides is 1. The third-order valence-electron chi connectivity index (χ3n) is 3.44. The number of ether oxygens (including phenoxy) is 1. The van der Waals surface area contributed by atoms with Gasteiger partial charge in [0.2, 0.25) is 5.91 Å². The summed E-state index contributed by atoms with van der Waals surface area (Å²) in [4.78, 5) is 12.1. The van der Waals surface area contributed by atoms with Crippen molar-refractivity contribution in [3.63, 3.8) is 0 Å². The number of hydrogen-bond donors (Lipinski definition) is 3. The molecule has 0 aromatic rings. The largest absolute Gasteiger partial charge is 0.409 e. The van der Waals surface area contributed by atoms with Crippen molar-refractivity contribution in [3.05, 3.63) is 0 Å². The first-order valence-electron chi connectivity index (χ1n) is 5.86. The van der Waals surface area contributed by atoms with E-state index >= 15 is 0 Å². The molecule has 1 amide bonds. The van der Waals surface area contributed by atoms with Gasteiger partial charge in [-0.15, -0.1) is 0 Å². The Hall–Kier alpha value is -1.30. The molecule has 1 rings (SSSR count). The molecule has 0 aromatic carbocycles. The lowest BCUT2D eigenvalue weighted by Gasteiger charge is -2.26. The summed E-state index contributed by atoms with van der Waals surface area (Å²) in [5.74, 6) is -0.160. The molecule has 4 N–H and O–H groups in total. The first-order chi connectivity index (χ1) is 8.06. The van der Waals surface area contributed by atoms with Crippen molar-refractivity contribution < 1.29 is 14.7 Å². The van der Waals surface area contributed by atoms with Gasteiger partial charge in [0.1, 0.15) is 5.41 Å². The fourth-order valence-electron chi connectivity index (χ4n) is 2.16. The van der Waals surface area contributed by atoms with Crippen LogP contribution in [0.3, 0.4) is 0 Å². The monoisotopic (exact) mass is 243 g/mol. The number of hydrogen-bond acceptors (Lipinski definition) is 4. The summed E-state index contributed by atoms with van der Waals surface area (Å²) in [6.45, 7) is 2.29. The maximum absolute atomic E-state index is 12.1. The number of carbonyl (C=O) groups excluding carboxylic acids is 1. The zero-order valence-electron chi connectivity index (χ0n) is 10.4. The fraction of sp³-hybridized carbons (Fsp3) is 0.818. The fourth-order valence-corrected chi connectivity index (χ4v) is 2.16. The Bertz CT molecular complexity index is 298. The Balaban J connectivity index is 2.68. The maximum atomic E-state index is 12.1. The highest BCUT2D eigenvalue weighted by Crippen LogP contribution is 2.38. The summed E-state index contributed by atoms with van der Waals surface area (Å²) < 4.78 is 5.06. The molecular formula is C11H21N3O3. The first kappa shape index (κ1) is 13.8. The number of oxime groups is 1. The third-order valence-corrected chi connectivity index (χ3v) is 3.44. The van der Waals surface area contributed by atoms with Gasteiger partial charge in [-0.3, -0.25) is 4.79 Å². The molecule has 1 unspecified atom stereocenters. The number of carbonyl (C=O) groups is 1. The predicted molar refractivity (Wildman–Crippen MR) is 63.8 cm³/mol. The van der Waals surface area contributed by atoms with E-state index in [1.165, 1.54) is 0 Å². The van der Waals surface area contributed by atoms with Gasteiger partial charge in [0, 0.05) is 13.7 Å². The van der Waals surface area contributed by atoms with E-state index in [0.29, 0.717) is 19.4 Å². The second-order valence-electron chi connectivity index (χ2n) is 4.53. The van der Waals surface area contributed by atoms with Crippen LogP contribution in [0.25, 0.3) is 0 Å². The molecule has 0 aliphatic heterocycles. The van der Waals surface area contributed by atoms with Gasteiger partial charge in [-0.1, -0.05) is 18.0 Å². The van der Waals surface area contributed by atoms with Crippen molar-refractivity contribution in [1.29, 1.82) is 0 Å². The van der Waals surface area contributed by atoms with Gasteiger partial charge in [0.05, 0.1) is 6.10 Å². The van der Waals surface area contributed by atoms with Gasteiger partial charge in [-0.25, -0.2) is 0 Å². The van der Waals surface area contributed by atoms with Crippen molar-refractivity contribution in [2.75, 3.05) is 13.7 Å². The zero-order valence-corrected chi connectivity index (χ0v) is 10.4. The minimum atomic E-state index is -0.831. The van der Waals surface area contributed by atoms with Crippen molar-refractivity contribution in [2.24, 2.45) is 16.3 Å². The minimum Gasteiger partial charge on any atom is -0.409 e. The van der Waals surface area contributed by atoms with Gasteiger partial charge in [0.15, 0.2) is 5.84 Å². The van der Waals surface area contributed by atoms with Crippen LogP contribution in [0.4, 0.5) is 0 Å². The second kappa shape index (κ2) is 5.86. The zero-order chi connectivity index (χ0) is 12.9. The molecule has 0 heterocycles. The summed E-state index contributed by atoms with van der Waals surface area (Å²) in [6, 6.07) is 0. The molecule has 0 bridgehead atoms. The lowest BCUT2D eigenvalue weighted by Crippen LogP contribution is -2.49. The standard InChI is InChI=1S/C11H21N3O3/c1-8(17-2)7-13-10(15)11(9(12)14-16)5-3-4-6-11/h8,16H,3-7H2,1-2H3,(H2,12,14)(H,13,15). The van der Waals surface area contributed by atoms with Crippen molar-refractivity contribution in [2.45, 2.75) is 38.7 Å². The van der Waals surface area contributed by atoms with Crippen LogP contribution in [0.2, 0.25) is 0 Å². The van der Waals surface area contributed by atoms with E-state index in [2.05, 4.69) is 10.5 Å². The highest BCUT2D eigenvalue weighted by atomic mass is 16.5. The topological polar surface area (TPSA) is 96.9 Å². The van der Waals surface area contributed by atoms with E-state index in [-0.39, 0.29) is 17.8 Å². The van der Waals surface area contributed by atoms with Crippen LogP contribution < -0.4 is 11.1 Å². The Morgan fingerprint density at radius 1 is 1.59 bits per heavy atom. The van der Waals surface area contributed by atoms with E-state index in [1.807, 2.05) is 6.92 Å². The number of methoxy groups -OCH3 is 1. The molecule has 0 spiro atoms. The summed E-state index contributed by atoms with van der Waals surface area (Å²) in [6.07, 6.45) is 3.06. The third kappa shape index (κ3) is 2.88. The summed E-state index contributed by atoms with van der Waals surface area (Å²) in [5.41, 5.74) is 4.83. The van der Waals surface area contributed by atoms with E-state index in [9.17, 15) is 4.79 Å². The molecule has 6 nitrogen and oxygen atoms in total. The molecule has 0 radical (unpaired) electrons. The van der Waals surface area contributed by atoms with Crippen LogP contribution in [-0.4, -0.2) is 36.7 Å². The van der Waals surface area contributed by atoms with Crippen LogP contribution in [0, 0.1) is 5.41 Å². The molecule has 17 heavy (non-hydrogen) atoms. The molecule has 6 heteroatoms. The van der Waals surface area contributed by atoms with Gasteiger partial charge in [0.25, 0.3) is 0 Å². The SMILES string of the molecule is COC(C)CNC(=O)C1(C(N)=NO)CCCC1. The normalized spacial score (nSPS) is 21.2. The average molecular weight is 243 g/mol. The Kier molecular flexibility index (Phi) is 4.74. The molecule has 0 saturated heterocycles. The number of nitrogens with zero attached hydrogens (tertiary/aromatic N) is 1. The number of nitrogens with one attached hydrogen (secondary N) is 1. The Labute approximate surface area is 101 Å². The number of amidine groups is 1. The summed E-state index contributed by atoms with van der Waals surface area (Å²) in [7, 11) is 1.59. The molecule has 1 atom stereocenters. The van der Waals surface area contributed by atoms with E-state index in [4.69, 9.17) is 15.7 Å². The molecule has 1 fully saturated rings. The van der Waals surface area contributed by atoms with Crippen molar-refractivity contribution >= 4 is 11.7 Å². The van der Waals surface area contributed by atoms with Gasteiger partial charge in [-0.05, 0) is 19.8 Å². The van der Waals surface area contributed by atoms with Crippen LogP contribution >= 0.6 is 0 Å². The molecule has 1 aliphatic carbocycles. The van der Waals surface area contributed by atoms with Crippen molar-refractivity contribution in [1.82, 2.24) is 5.32 Å². The van der Waals surface area contributed by atoms with E-state index in [1.54, 1.807) is 7.11 Å². The van der Waals surface area contributed by atoms with Gasteiger partial charge < -0.3 is 21.0 Å². The smallest absolute Gasteiger partial charge is 0.234 e. The maximum Gasteiger partial charge on any atom is 0.234 e. The minimum absolute atomic E-state index is 0.0116. The number of rotatable bonds is 5. The van der Waals surface area contributed by atoms with Gasteiger partial charge in [-0.2, -0.15) is 0 Å². The average Bonchev–Trinajstić information content (AvgIpc) is 2.84. The Morgan fingerprint density at radius 3 is 2.65 bits per heavy atom. The van der Waals surface area contributed by atoms with Crippen LogP contribution in [0.5, 0.6) is 0 Å². The molecule has 0 aromatic heterocycles. The van der Waals surface area contributed by atoms with Crippen LogP contribution in [-0.2, 0) is 9.53 Å². The van der Waals surface area contributed by atoms with Gasteiger partial charge >= 0.3 is 0 Å². The van der Waals surface area contributed by atoms with E-state index < -0.39 is 5.41 Å². The van der Waals surface area contributed by atoms with E-state index in [0.717, 1.165) is 12.8 Å². The predicted octanol–water partition coefficient (Wildman–Crippen LogP) is 0.444. The molecule has 1 aliphatic rings. The lowest BCUT2D eigenvalue weighted by molar-refractivity contribution is -0.128.